The molecule has 2 heterocycles. The van der Waals surface area contributed by atoms with E-state index in [4.69, 9.17) is 5.11 Å². The molecule has 2 aromatic rings. The maximum atomic E-state index is 12.5. The van der Waals surface area contributed by atoms with Gasteiger partial charge in [-0.2, -0.15) is 13.2 Å². The number of hydrogen-bond acceptors (Lipinski definition) is 3. The number of halogens is 3. The van der Waals surface area contributed by atoms with E-state index in [1.54, 1.807) is 0 Å². The Morgan fingerprint density at radius 2 is 2.05 bits per heavy atom. The number of rotatable bonds is 2. The number of alkyl halides is 3. The van der Waals surface area contributed by atoms with Crippen LogP contribution in [0.1, 0.15) is 11.3 Å². The monoisotopic (exact) mass is 272 g/mol. The van der Waals surface area contributed by atoms with Crippen LogP contribution in [0.15, 0.2) is 23.0 Å². The molecule has 0 atom stereocenters. The zero-order valence-electron chi connectivity index (χ0n) is 9.28. The number of nitrogens with zero attached hydrogens (tertiary/aromatic N) is 1. The van der Waals surface area contributed by atoms with Crippen LogP contribution in [0, 0.1) is 0 Å². The van der Waals surface area contributed by atoms with Crippen LogP contribution in [-0.2, 0) is 17.4 Å². The second-order valence-electron chi connectivity index (χ2n) is 3.82. The second-order valence-corrected chi connectivity index (χ2v) is 3.82. The molecular weight excluding hydrogens is 265 g/mol. The fraction of sp³-hybridized carbons (Fsp3) is 0.182. The number of carbonyl (C=O) groups is 1. The molecule has 2 aromatic heterocycles. The number of aromatic amines is 1. The quantitative estimate of drug-likeness (QED) is 0.869. The van der Waals surface area contributed by atoms with Crippen molar-refractivity contribution in [1.29, 1.82) is 0 Å². The van der Waals surface area contributed by atoms with Gasteiger partial charge in [-0.15, -0.1) is 0 Å². The number of fused-ring (bicyclic) bond motifs is 1. The number of aliphatic carboxylic acids is 1. The Bertz CT molecular complexity index is 706. The third kappa shape index (κ3) is 2.72. The van der Waals surface area contributed by atoms with Crippen molar-refractivity contribution in [2.24, 2.45) is 0 Å². The summed E-state index contributed by atoms with van der Waals surface area (Å²) in [7, 11) is 0. The fourth-order valence-electron chi connectivity index (χ4n) is 1.58. The van der Waals surface area contributed by atoms with E-state index in [0.717, 1.165) is 18.2 Å². The minimum atomic E-state index is -4.60. The van der Waals surface area contributed by atoms with Crippen LogP contribution < -0.4 is 5.56 Å². The summed E-state index contributed by atoms with van der Waals surface area (Å²) in [5, 5.41) is 8.59. The SMILES string of the molecule is O=C(O)Cc1cc2nc(C(F)(F)F)ccc2[nH]c1=O. The Balaban J connectivity index is 2.61. The first-order valence-electron chi connectivity index (χ1n) is 5.09. The predicted octanol–water partition coefficient (Wildman–Crippen LogP) is 1.57. The standard InChI is InChI=1S/C11H7F3N2O3/c12-11(13,14)8-2-1-6-7(15-8)3-5(4-9(17)18)10(19)16-6/h1-3H,4H2,(H,16,19)(H,17,18). The lowest BCUT2D eigenvalue weighted by Crippen LogP contribution is -2.17. The first-order chi connectivity index (χ1) is 8.77. The van der Waals surface area contributed by atoms with Gasteiger partial charge in [0, 0.05) is 5.56 Å². The van der Waals surface area contributed by atoms with Crippen LogP contribution in [0.4, 0.5) is 13.2 Å². The number of aromatic nitrogens is 2. The van der Waals surface area contributed by atoms with E-state index in [2.05, 4.69) is 9.97 Å². The largest absolute Gasteiger partial charge is 0.481 e. The summed E-state index contributed by atoms with van der Waals surface area (Å²) in [6.07, 6.45) is -5.18. The van der Waals surface area contributed by atoms with Gasteiger partial charge in [0.1, 0.15) is 5.69 Å². The third-order valence-electron chi connectivity index (χ3n) is 2.41. The van der Waals surface area contributed by atoms with Gasteiger partial charge in [-0.05, 0) is 18.2 Å². The number of carboxylic acid groups (broad SMARTS) is 1. The summed E-state index contributed by atoms with van der Waals surface area (Å²) in [6, 6.07) is 2.88. The van der Waals surface area contributed by atoms with Gasteiger partial charge in [-0.1, -0.05) is 0 Å². The van der Waals surface area contributed by atoms with E-state index in [-0.39, 0.29) is 16.6 Å². The minimum Gasteiger partial charge on any atom is -0.481 e. The van der Waals surface area contributed by atoms with Crippen molar-refractivity contribution in [2.75, 3.05) is 0 Å². The number of pyridine rings is 2. The van der Waals surface area contributed by atoms with Crippen LogP contribution in [0.25, 0.3) is 11.0 Å². The molecule has 100 valence electrons. The van der Waals surface area contributed by atoms with Crippen molar-refractivity contribution in [3.05, 3.63) is 39.8 Å². The molecule has 2 N–H and O–H groups in total. The van der Waals surface area contributed by atoms with Gasteiger partial charge in [0.25, 0.3) is 5.56 Å². The molecule has 0 spiro atoms. The molecule has 0 amide bonds. The molecular formula is C11H7F3N2O3. The topological polar surface area (TPSA) is 83.0 Å². The van der Waals surface area contributed by atoms with Crippen molar-refractivity contribution in [3.8, 4) is 0 Å². The Hall–Kier alpha value is -2.38. The van der Waals surface area contributed by atoms with Crippen molar-refractivity contribution in [3.63, 3.8) is 0 Å². The maximum Gasteiger partial charge on any atom is 0.433 e. The molecule has 0 fully saturated rings. The van der Waals surface area contributed by atoms with Gasteiger partial charge in [0.2, 0.25) is 0 Å². The van der Waals surface area contributed by atoms with Gasteiger partial charge in [-0.3, -0.25) is 9.59 Å². The van der Waals surface area contributed by atoms with Crippen molar-refractivity contribution >= 4 is 17.0 Å². The van der Waals surface area contributed by atoms with E-state index in [0.29, 0.717) is 0 Å². The molecule has 0 saturated carbocycles. The molecule has 2 rings (SSSR count). The van der Waals surface area contributed by atoms with Gasteiger partial charge in [-0.25, -0.2) is 4.98 Å². The Morgan fingerprint density at radius 3 is 2.63 bits per heavy atom. The summed E-state index contributed by atoms with van der Waals surface area (Å²) in [5.41, 5.74) is -1.89. The van der Waals surface area contributed by atoms with E-state index in [1.165, 1.54) is 0 Å². The molecule has 19 heavy (non-hydrogen) atoms. The molecule has 5 nitrogen and oxygen atoms in total. The number of nitrogens with one attached hydrogen (secondary N) is 1. The van der Waals surface area contributed by atoms with Crippen LogP contribution >= 0.6 is 0 Å². The van der Waals surface area contributed by atoms with E-state index in [1.807, 2.05) is 0 Å². The van der Waals surface area contributed by atoms with E-state index < -0.39 is 29.8 Å². The molecule has 0 aliphatic carbocycles. The van der Waals surface area contributed by atoms with Gasteiger partial charge in [0.15, 0.2) is 0 Å². The molecule has 0 radical (unpaired) electrons. The number of hydrogen-bond donors (Lipinski definition) is 2. The summed E-state index contributed by atoms with van der Waals surface area (Å²) in [6.45, 7) is 0. The minimum absolute atomic E-state index is 0.106. The van der Waals surface area contributed by atoms with Gasteiger partial charge < -0.3 is 10.1 Å². The van der Waals surface area contributed by atoms with Crippen molar-refractivity contribution < 1.29 is 23.1 Å². The zero-order valence-corrected chi connectivity index (χ0v) is 9.28. The summed E-state index contributed by atoms with van der Waals surface area (Å²) < 4.78 is 37.4. The average molecular weight is 272 g/mol. The summed E-state index contributed by atoms with van der Waals surface area (Å²) in [5.74, 6) is -1.25. The predicted molar refractivity (Wildman–Crippen MR) is 58.7 cm³/mol. The normalized spacial score (nSPS) is 11.7. The van der Waals surface area contributed by atoms with Crippen LogP contribution in [0.5, 0.6) is 0 Å². The Kier molecular flexibility index (Phi) is 3.01. The van der Waals surface area contributed by atoms with E-state index in [9.17, 15) is 22.8 Å². The molecule has 0 aliphatic heterocycles. The molecule has 8 heteroatoms. The molecule has 0 aromatic carbocycles. The lowest BCUT2D eigenvalue weighted by atomic mass is 10.1. The van der Waals surface area contributed by atoms with Crippen LogP contribution in [0.3, 0.4) is 0 Å². The molecule has 0 bridgehead atoms. The highest BCUT2D eigenvalue weighted by atomic mass is 19.4. The summed E-state index contributed by atoms with van der Waals surface area (Å²) >= 11 is 0. The van der Waals surface area contributed by atoms with Gasteiger partial charge >= 0.3 is 12.1 Å². The Labute approximate surface area is 103 Å². The summed E-state index contributed by atoms with van der Waals surface area (Å²) in [4.78, 5) is 27.7. The first kappa shape index (κ1) is 13.1. The van der Waals surface area contributed by atoms with Crippen molar-refractivity contribution in [2.45, 2.75) is 12.6 Å². The lowest BCUT2D eigenvalue weighted by Gasteiger charge is -2.07. The Morgan fingerprint density at radius 1 is 1.37 bits per heavy atom. The van der Waals surface area contributed by atoms with Crippen molar-refractivity contribution in [1.82, 2.24) is 9.97 Å². The maximum absolute atomic E-state index is 12.5. The first-order valence-corrected chi connectivity index (χ1v) is 5.09. The smallest absolute Gasteiger partial charge is 0.433 e. The zero-order chi connectivity index (χ0) is 14.2. The van der Waals surface area contributed by atoms with Crippen LogP contribution in [0.2, 0.25) is 0 Å². The third-order valence-corrected chi connectivity index (χ3v) is 2.41. The highest BCUT2D eigenvalue weighted by Crippen LogP contribution is 2.28. The second kappa shape index (κ2) is 4.38. The number of carboxylic acids is 1. The van der Waals surface area contributed by atoms with Crippen LogP contribution in [-0.4, -0.2) is 21.0 Å². The molecule has 0 unspecified atom stereocenters. The fourth-order valence-corrected chi connectivity index (χ4v) is 1.58. The highest BCUT2D eigenvalue weighted by Gasteiger charge is 2.32. The highest BCUT2D eigenvalue weighted by molar-refractivity contribution is 5.77. The molecule has 0 aliphatic rings. The lowest BCUT2D eigenvalue weighted by molar-refractivity contribution is -0.141. The molecule has 0 saturated heterocycles. The number of H-pyrrole nitrogens is 1. The van der Waals surface area contributed by atoms with Gasteiger partial charge in [0.05, 0.1) is 17.5 Å². The average Bonchev–Trinajstić information content (AvgIpc) is 2.27. The van der Waals surface area contributed by atoms with E-state index >= 15 is 0 Å².